The van der Waals surface area contributed by atoms with E-state index in [4.69, 9.17) is 4.74 Å². The van der Waals surface area contributed by atoms with Crippen molar-refractivity contribution in [3.8, 4) is 22.6 Å². The van der Waals surface area contributed by atoms with Gasteiger partial charge in [0.2, 0.25) is 0 Å². The number of hydrogen-bond donors (Lipinski definition) is 2. The van der Waals surface area contributed by atoms with Crippen molar-refractivity contribution >= 4 is 21.7 Å². The zero-order valence-corrected chi connectivity index (χ0v) is 12.1. The molecule has 4 rings (SSSR count). The summed E-state index contributed by atoms with van der Waals surface area (Å²) in [5.41, 5.74) is 2.87. The molecule has 22 heavy (non-hydrogen) atoms. The molecule has 4 aromatic rings. The van der Waals surface area contributed by atoms with Crippen LogP contribution in [0.25, 0.3) is 32.8 Å². The first kappa shape index (κ1) is 12.8. The number of hydrogen-bond acceptors (Lipinski definition) is 2. The Morgan fingerprint density at radius 3 is 2.55 bits per heavy atom. The highest BCUT2D eigenvalue weighted by molar-refractivity contribution is 6.08. The molecule has 0 atom stereocenters. The zero-order chi connectivity index (χ0) is 15.1. The highest BCUT2D eigenvalue weighted by Crippen LogP contribution is 2.41. The maximum atomic E-state index is 10.4. The van der Waals surface area contributed by atoms with Gasteiger partial charge in [-0.3, -0.25) is 0 Å². The lowest BCUT2D eigenvalue weighted by Gasteiger charge is -2.11. The first-order valence-electron chi connectivity index (χ1n) is 7.15. The molecule has 0 saturated carbocycles. The quantitative estimate of drug-likeness (QED) is 0.561. The number of aromatic amines is 1. The molecule has 0 aliphatic carbocycles. The number of para-hydroxylation sites is 1. The molecule has 0 spiro atoms. The smallest absolute Gasteiger partial charge is 0.126 e. The van der Waals surface area contributed by atoms with Gasteiger partial charge in [-0.05, 0) is 29.7 Å². The molecule has 108 valence electrons. The van der Waals surface area contributed by atoms with E-state index in [1.807, 2.05) is 48.7 Å². The Balaban J connectivity index is 2.12. The van der Waals surface area contributed by atoms with E-state index in [2.05, 4.69) is 11.1 Å². The predicted molar refractivity (Wildman–Crippen MR) is 89.5 cm³/mol. The Hall–Kier alpha value is -2.94. The van der Waals surface area contributed by atoms with Gasteiger partial charge in [-0.25, -0.2) is 0 Å². The largest absolute Gasteiger partial charge is 0.507 e. The van der Waals surface area contributed by atoms with Crippen LogP contribution in [-0.4, -0.2) is 17.2 Å². The maximum Gasteiger partial charge on any atom is 0.126 e. The van der Waals surface area contributed by atoms with Gasteiger partial charge >= 0.3 is 0 Å². The van der Waals surface area contributed by atoms with Gasteiger partial charge < -0.3 is 14.8 Å². The zero-order valence-electron chi connectivity index (χ0n) is 12.1. The van der Waals surface area contributed by atoms with Gasteiger partial charge in [-0.1, -0.05) is 30.3 Å². The predicted octanol–water partition coefficient (Wildman–Crippen LogP) is 4.70. The number of benzene rings is 3. The molecule has 3 aromatic carbocycles. The fourth-order valence-corrected chi connectivity index (χ4v) is 3.06. The van der Waals surface area contributed by atoms with Crippen molar-refractivity contribution < 1.29 is 9.84 Å². The van der Waals surface area contributed by atoms with Gasteiger partial charge in [0.05, 0.1) is 7.11 Å². The standard InChI is InChI=1S/C19H15NO2/c1-22-18-8-4-6-14-13(18)9-10-17(21)19(14)15-11-20-16-7-3-2-5-12(15)16/h2-11,20-21H,1H3. The van der Waals surface area contributed by atoms with Crippen molar-refractivity contribution in [3.05, 3.63) is 60.8 Å². The maximum absolute atomic E-state index is 10.4. The number of phenolic OH excluding ortho intramolecular Hbond substituents is 1. The highest BCUT2D eigenvalue weighted by Gasteiger charge is 2.15. The van der Waals surface area contributed by atoms with Gasteiger partial charge in [0.15, 0.2) is 0 Å². The molecule has 3 heteroatoms. The molecule has 2 N–H and O–H groups in total. The number of nitrogens with one attached hydrogen (secondary N) is 1. The number of phenols is 1. The molecule has 1 aromatic heterocycles. The van der Waals surface area contributed by atoms with Crippen LogP contribution < -0.4 is 4.74 Å². The molecule has 0 radical (unpaired) electrons. The van der Waals surface area contributed by atoms with Crippen LogP contribution in [0.2, 0.25) is 0 Å². The third-order valence-electron chi connectivity index (χ3n) is 4.08. The second kappa shape index (κ2) is 4.81. The number of aromatic nitrogens is 1. The summed E-state index contributed by atoms with van der Waals surface area (Å²) in [4.78, 5) is 3.26. The second-order valence-electron chi connectivity index (χ2n) is 5.26. The van der Waals surface area contributed by atoms with Crippen LogP contribution in [-0.2, 0) is 0 Å². The van der Waals surface area contributed by atoms with E-state index in [0.29, 0.717) is 0 Å². The number of aromatic hydroxyl groups is 1. The number of ether oxygens (including phenoxy) is 1. The van der Waals surface area contributed by atoms with Crippen LogP contribution in [0, 0.1) is 0 Å². The van der Waals surface area contributed by atoms with Crippen molar-refractivity contribution in [2.75, 3.05) is 7.11 Å². The summed E-state index contributed by atoms with van der Waals surface area (Å²) in [6, 6.07) is 17.6. The van der Waals surface area contributed by atoms with E-state index in [0.717, 1.165) is 38.6 Å². The molecule has 0 unspecified atom stereocenters. The molecule has 3 nitrogen and oxygen atoms in total. The van der Waals surface area contributed by atoms with Crippen molar-refractivity contribution in [1.82, 2.24) is 4.98 Å². The van der Waals surface area contributed by atoms with Gasteiger partial charge in [0.25, 0.3) is 0 Å². The van der Waals surface area contributed by atoms with Gasteiger partial charge in [0.1, 0.15) is 11.5 Å². The molecular formula is C19H15NO2. The SMILES string of the molecule is COc1cccc2c(-c3c[nH]c4ccccc34)c(O)ccc12. The fraction of sp³-hybridized carbons (Fsp3) is 0.0526. The Labute approximate surface area is 127 Å². The number of methoxy groups -OCH3 is 1. The van der Waals surface area contributed by atoms with Crippen molar-refractivity contribution in [2.45, 2.75) is 0 Å². The summed E-state index contributed by atoms with van der Waals surface area (Å²) in [7, 11) is 1.66. The van der Waals surface area contributed by atoms with Gasteiger partial charge in [-0.2, -0.15) is 0 Å². The Morgan fingerprint density at radius 2 is 1.68 bits per heavy atom. The van der Waals surface area contributed by atoms with Gasteiger partial charge in [-0.15, -0.1) is 0 Å². The molecule has 1 heterocycles. The average Bonchev–Trinajstić information content (AvgIpc) is 2.98. The molecule has 0 saturated heterocycles. The lowest BCUT2D eigenvalue weighted by molar-refractivity contribution is 0.419. The molecule has 0 amide bonds. The van der Waals surface area contributed by atoms with Crippen LogP contribution in [0.4, 0.5) is 0 Å². The normalized spacial score (nSPS) is 11.1. The van der Waals surface area contributed by atoms with E-state index in [1.165, 1.54) is 0 Å². The van der Waals surface area contributed by atoms with Gasteiger partial charge in [0, 0.05) is 33.6 Å². The minimum Gasteiger partial charge on any atom is -0.507 e. The van der Waals surface area contributed by atoms with Crippen LogP contribution >= 0.6 is 0 Å². The minimum atomic E-state index is 0.269. The summed E-state index contributed by atoms with van der Waals surface area (Å²) in [6.07, 6.45) is 1.94. The number of rotatable bonds is 2. The van der Waals surface area contributed by atoms with E-state index >= 15 is 0 Å². The summed E-state index contributed by atoms with van der Waals surface area (Å²) >= 11 is 0. The first-order chi connectivity index (χ1) is 10.8. The van der Waals surface area contributed by atoms with Crippen LogP contribution in [0.5, 0.6) is 11.5 Å². The summed E-state index contributed by atoms with van der Waals surface area (Å²) < 4.78 is 5.44. The van der Waals surface area contributed by atoms with Crippen molar-refractivity contribution in [1.29, 1.82) is 0 Å². The van der Waals surface area contributed by atoms with Crippen molar-refractivity contribution in [2.24, 2.45) is 0 Å². The molecule has 0 fully saturated rings. The monoisotopic (exact) mass is 289 g/mol. The van der Waals surface area contributed by atoms with E-state index in [-0.39, 0.29) is 5.75 Å². The van der Waals surface area contributed by atoms with Crippen LogP contribution in [0.15, 0.2) is 60.8 Å². The minimum absolute atomic E-state index is 0.269. The highest BCUT2D eigenvalue weighted by atomic mass is 16.5. The third-order valence-corrected chi connectivity index (χ3v) is 4.08. The average molecular weight is 289 g/mol. The lowest BCUT2D eigenvalue weighted by Crippen LogP contribution is -1.87. The van der Waals surface area contributed by atoms with E-state index < -0.39 is 0 Å². The summed E-state index contributed by atoms with van der Waals surface area (Å²) in [5, 5.41) is 13.5. The summed E-state index contributed by atoms with van der Waals surface area (Å²) in [5.74, 6) is 1.07. The molecular weight excluding hydrogens is 274 g/mol. The Morgan fingerprint density at radius 1 is 0.864 bits per heavy atom. The van der Waals surface area contributed by atoms with E-state index in [9.17, 15) is 5.11 Å². The van der Waals surface area contributed by atoms with E-state index in [1.54, 1.807) is 13.2 Å². The lowest BCUT2D eigenvalue weighted by atomic mass is 9.96. The third kappa shape index (κ3) is 1.76. The number of fused-ring (bicyclic) bond motifs is 2. The second-order valence-corrected chi connectivity index (χ2v) is 5.26. The number of H-pyrrole nitrogens is 1. The summed E-state index contributed by atoms with van der Waals surface area (Å²) in [6.45, 7) is 0. The molecule has 0 aliphatic rings. The molecule has 0 bridgehead atoms. The van der Waals surface area contributed by atoms with Crippen LogP contribution in [0.1, 0.15) is 0 Å². The topological polar surface area (TPSA) is 45.2 Å². The molecule has 0 aliphatic heterocycles. The van der Waals surface area contributed by atoms with Crippen molar-refractivity contribution in [3.63, 3.8) is 0 Å². The Kier molecular flexibility index (Phi) is 2.79. The Bertz CT molecular complexity index is 985. The van der Waals surface area contributed by atoms with Crippen LogP contribution in [0.3, 0.4) is 0 Å². The fourth-order valence-electron chi connectivity index (χ4n) is 3.06. The first-order valence-corrected chi connectivity index (χ1v) is 7.15.